The Bertz CT molecular complexity index is 1590. The molecule has 3 aromatic rings. The number of hydrogen-bond donors (Lipinski definition) is 2. The molecule has 3 aliphatic heterocycles. The summed E-state index contributed by atoms with van der Waals surface area (Å²) in [5.74, 6) is -0.164. The number of rotatable bonds is 9. The largest absolute Gasteiger partial charge is 0.381 e. The lowest BCUT2D eigenvalue weighted by Gasteiger charge is -2.37. The van der Waals surface area contributed by atoms with Crippen LogP contribution in [0.3, 0.4) is 0 Å². The summed E-state index contributed by atoms with van der Waals surface area (Å²) in [6.07, 6.45) is 1.94. The van der Waals surface area contributed by atoms with Gasteiger partial charge in [0.25, 0.3) is 11.5 Å². The van der Waals surface area contributed by atoms with Crippen LogP contribution in [-0.4, -0.2) is 67.9 Å². The Kier molecular flexibility index (Phi) is 9.58. The van der Waals surface area contributed by atoms with Crippen molar-refractivity contribution in [1.82, 2.24) is 15.2 Å². The summed E-state index contributed by atoms with van der Waals surface area (Å²) in [5, 5.41) is 3.07. The molecule has 2 N–H and O–H groups in total. The Labute approximate surface area is 266 Å². The van der Waals surface area contributed by atoms with Crippen LogP contribution in [0.15, 0.2) is 41.2 Å². The molecule has 0 radical (unpaired) electrons. The molecule has 2 fully saturated rings. The molecule has 0 bridgehead atoms. The third-order valence-electron chi connectivity index (χ3n) is 9.68. The number of H-pyrrole nitrogens is 1. The van der Waals surface area contributed by atoms with Crippen LogP contribution in [0, 0.1) is 20.8 Å². The highest BCUT2D eigenvalue weighted by molar-refractivity contribution is 5.98. The maximum absolute atomic E-state index is 13.9. The first-order valence-corrected chi connectivity index (χ1v) is 16.4. The molecular formula is C36H47N5O4. The van der Waals surface area contributed by atoms with Gasteiger partial charge < -0.3 is 29.6 Å². The third kappa shape index (κ3) is 6.95. The number of fused-ring (bicyclic) bond motifs is 1. The van der Waals surface area contributed by atoms with Crippen molar-refractivity contribution in [1.29, 1.82) is 0 Å². The van der Waals surface area contributed by atoms with Crippen molar-refractivity contribution < 1.29 is 14.3 Å². The number of aryl methyl sites for hydroxylation is 2. The standard InChI is InChI=1S/C36H47N5O4/c1-5-41(30-8-12-44-13-9-30)34-19-31(18-32(26(34)4)35(42)37-20-33-24(2)16-25(3)38-36(33)43)40-22-28-7-6-27(17-29(28)23-40)21-39-10-14-45-15-11-39/h6-7,16-19,30H,5,8-15,20-23H2,1-4H3,(H,37,42)(H,38,43). The number of aromatic amines is 1. The topological polar surface area (TPSA) is 90.1 Å². The van der Waals surface area contributed by atoms with Crippen LogP contribution in [0.5, 0.6) is 0 Å². The van der Waals surface area contributed by atoms with Gasteiger partial charge in [-0.25, -0.2) is 0 Å². The van der Waals surface area contributed by atoms with Crippen LogP contribution in [0.2, 0.25) is 0 Å². The monoisotopic (exact) mass is 613 g/mol. The minimum atomic E-state index is -0.164. The molecule has 6 rings (SSSR count). The Morgan fingerprint density at radius 1 is 0.978 bits per heavy atom. The van der Waals surface area contributed by atoms with Crippen molar-refractivity contribution in [2.45, 2.75) is 72.8 Å². The molecule has 0 saturated carbocycles. The molecule has 45 heavy (non-hydrogen) atoms. The van der Waals surface area contributed by atoms with Gasteiger partial charge in [0.05, 0.1) is 13.2 Å². The normalized spacial score (nSPS) is 17.4. The number of ether oxygens (including phenoxy) is 2. The number of carbonyl (C=O) groups is 1. The number of hydrogen-bond acceptors (Lipinski definition) is 7. The van der Waals surface area contributed by atoms with E-state index in [0.717, 1.165) is 107 Å². The van der Waals surface area contributed by atoms with Gasteiger partial charge in [0.2, 0.25) is 0 Å². The highest BCUT2D eigenvalue weighted by Gasteiger charge is 2.27. The second-order valence-corrected chi connectivity index (χ2v) is 12.7. The van der Waals surface area contributed by atoms with E-state index in [9.17, 15) is 9.59 Å². The van der Waals surface area contributed by atoms with Gasteiger partial charge >= 0.3 is 0 Å². The highest BCUT2D eigenvalue weighted by Crippen LogP contribution is 2.36. The van der Waals surface area contributed by atoms with Crippen molar-refractivity contribution >= 4 is 17.3 Å². The van der Waals surface area contributed by atoms with Gasteiger partial charge in [-0.3, -0.25) is 14.5 Å². The van der Waals surface area contributed by atoms with Gasteiger partial charge in [-0.15, -0.1) is 0 Å². The zero-order valence-corrected chi connectivity index (χ0v) is 27.2. The van der Waals surface area contributed by atoms with E-state index < -0.39 is 0 Å². The van der Waals surface area contributed by atoms with Crippen molar-refractivity contribution in [3.05, 3.63) is 91.4 Å². The average Bonchev–Trinajstić information content (AvgIpc) is 3.46. The maximum Gasteiger partial charge on any atom is 0.253 e. The van der Waals surface area contributed by atoms with Gasteiger partial charge in [-0.05, 0) is 86.6 Å². The molecule has 0 atom stereocenters. The number of anilines is 2. The highest BCUT2D eigenvalue weighted by atomic mass is 16.5. The van der Waals surface area contributed by atoms with Crippen LogP contribution in [0.1, 0.15) is 69.2 Å². The van der Waals surface area contributed by atoms with Crippen molar-refractivity contribution in [3.8, 4) is 0 Å². The summed E-state index contributed by atoms with van der Waals surface area (Å²) in [7, 11) is 0. The molecule has 1 amide bonds. The number of benzene rings is 2. The van der Waals surface area contributed by atoms with Crippen molar-refractivity contribution in [3.63, 3.8) is 0 Å². The fourth-order valence-electron chi connectivity index (χ4n) is 7.13. The summed E-state index contributed by atoms with van der Waals surface area (Å²) in [6.45, 7) is 16.6. The minimum Gasteiger partial charge on any atom is -0.381 e. The number of aromatic nitrogens is 1. The maximum atomic E-state index is 13.9. The molecule has 2 aromatic carbocycles. The summed E-state index contributed by atoms with van der Waals surface area (Å²) >= 11 is 0. The molecule has 0 unspecified atom stereocenters. The Morgan fingerprint density at radius 3 is 2.44 bits per heavy atom. The zero-order valence-electron chi connectivity index (χ0n) is 27.2. The second kappa shape index (κ2) is 13.8. The minimum absolute atomic E-state index is 0.154. The van der Waals surface area contributed by atoms with E-state index in [1.807, 2.05) is 26.0 Å². The fourth-order valence-corrected chi connectivity index (χ4v) is 7.13. The first-order chi connectivity index (χ1) is 21.8. The molecule has 0 aliphatic carbocycles. The summed E-state index contributed by atoms with van der Waals surface area (Å²) in [5.41, 5.74) is 9.89. The summed E-state index contributed by atoms with van der Waals surface area (Å²) in [6, 6.07) is 13.5. The fraction of sp³-hybridized carbons (Fsp3) is 0.500. The molecule has 4 heterocycles. The van der Waals surface area contributed by atoms with Gasteiger partial charge in [-0.1, -0.05) is 18.2 Å². The summed E-state index contributed by atoms with van der Waals surface area (Å²) in [4.78, 5) is 36.7. The number of morpholine rings is 1. The lowest BCUT2D eigenvalue weighted by Crippen LogP contribution is -2.40. The van der Waals surface area contributed by atoms with Gasteiger partial charge in [-0.2, -0.15) is 0 Å². The third-order valence-corrected chi connectivity index (χ3v) is 9.68. The molecule has 240 valence electrons. The van der Waals surface area contributed by atoms with E-state index in [-0.39, 0.29) is 18.0 Å². The molecule has 0 spiro atoms. The first kappa shape index (κ1) is 31.3. The van der Waals surface area contributed by atoms with Gasteiger partial charge in [0, 0.05) is 93.3 Å². The van der Waals surface area contributed by atoms with Crippen LogP contribution in [-0.2, 0) is 35.7 Å². The Morgan fingerprint density at radius 2 is 1.71 bits per heavy atom. The average molecular weight is 614 g/mol. The van der Waals surface area contributed by atoms with E-state index in [2.05, 4.69) is 63.1 Å². The number of nitrogens with zero attached hydrogens (tertiary/aromatic N) is 3. The van der Waals surface area contributed by atoms with Crippen LogP contribution < -0.4 is 20.7 Å². The number of amides is 1. The molecule has 3 aliphatic rings. The lowest BCUT2D eigenvalue weighted by molar-refractivity contribution is 0.0342. The van der Waals surface area contributed by atoms with E-state index in [4.69, 9.17) is 9.47 Å². The van der Waals surface area contributed by atoms with E-state index in [0.29, 0.717) is 17.2 Å². The number of nitrogens with one attached hydrogen (secondary N) is 2. The smallest absolute Gasteiger partial charge is 0.253 e. The van der Waals surface area contributed by atoms with Crippen LogP contribution >= 0.6 is 0 Å². The first-order valence-electron chi connectivity index (χ1n) is 16.4. The van der Waals surface area contributed by atoms with Gasteiger partial charge in [0.15, 0.2) is 0 Å². The molecular weight excluding hydrogens is 566 g/mol. The van der Waals surface area contributed by atoms with E-state index >= 15 is 0 Å². The predicted octanol–water partition coefficient (Wildman–Crippen LogP) is 4.59. The second-order valence-electron chi connectivity index (χ2n) is 12.7. The van der Waals surface area contributed by atoms with Crippen molar-refractivity contribution in [2.75, 3.05) is 55.9 Å². The summed E-state index contributed by atoms with van der Waals surface area (Å²) < 4.78 is 11.2. The Balaban J connectivity index is 1.29. The number of carbonyl (C=O) groups excluding carboxylic acids is 1. The predicted molar refractivity (Wildman–Crippen MR) is 178 cm³/mol. The molecule has 9 nitrogen and oxygen atoms in total. The SMILES string of the molecule is CCN(c1cc(N2Cc3ccc(CN4CCOCC4)cc3C2)cc(C(=O)NCc2c(C)cc(C)[nH]c2=O)c1C)C1CCOCC1. The molecule has 9 heteroatoms. The lowest BCUT2D eigenvalue weighted by atomic mass is 9.99. The quantitative estimate of drug-likeness (QED) is 0.365. The van der Waals surface area contributed by atoms with Gasteiger partial charge in [0.1, 0.15) is 0 Å². The van der Waals surface area contributed by atoms with E-state index in [1.54, 1.807) is 0 Å². The Hall–Kier alpha value is -3.66. The van der Waals surface area contributed by atoms with E-state index in [1.165, 1.54) is 16.7 Å². The molecule has 1 aromatic heterocycles. The zero-order chi connectivity index (χ0) is 31.5. The molecule has 2 saturated heterocycles. The van der Waals surface area contributed by atoms with Crippen LogP contribution in [0.25, 0.3) is 0 Å². The van der Waals surface area contributed by atoms with Crippen LogP contribution in [0.4, 0.5) is 11.4 Å². The van der Waals surface area contributed by atoms with Crippen molar-refractivity contribution in [2.24, 2.45) is 0 Å². The number of pyridine rings is 1.